The van der Waals surface area contributed by atoms with Gasteiger partial charge in [0.15, 0.2) is 11.2 Å². The molecule has 0 aromatic carbocycles. The van der Waals surface area contributed by atoms with Gasteiger partial charge >= 0.3 is 0 Å². The molecule has 4 rings (SSSR count). The normalized spacial score (nSPS) is 20.7. The van der Waals surface area contributed by atoms with Crippen LogP contribution in [-0.2, 0) is 17.7 Å². The van der Waals surface area contributed by atoms with Crippen molar-refractivity contribution in [2.75, 3.05) is 37.4 Å². The summed E-state index contributed by atoms with van der Waals surface area (Å²) in [4.78, 5) is 15.6. The molecule has 2 aromatic rings. The first-order valence-corrected chi connectivity index (χ1v) is 11.8. The fourth-order valence-corrected chi connectivity index (χ4v) is 5.70. The molecule has 2 aliphatic rings. The number of nitrogens with zero attached hydrogens (tertiary/aromatic N) is 5. The summed E-state index contributed by atoms with van der Waals surface area (Å²) in [7, 11) is 1.68. The highest BCUT2D eigenvalue weighted by atomic mass is 35.5. The van der Waals surface area contributed by atoms with Crippen LogP contribution in [0.1, 0.15) is 41.1 Å². The van der Waals surface area contributed by atoms with Gasteiger partial charge in [0.05, 0.1) is 19.3 Å². The van der Waals surface area contributed by atoms with Crippen LogP contribution in [0.15, 0.2) is 6.20 Å². The first-order valence-electron chi connectivity index (χ1n) is 10.3. The van der Waals surface area contributed by atoms with E-state index in [9.17, 15) is 4.21 Å². The van der Waals surface area contributed by atoms with Gasteiger partial charge in [-0.2, -0.15) is 4.98 Å². The molecule has 2 unspecified atom stereocenters. The van der Waals surface area contributed by atoms with Gasteiger partial charge in [-0.1, -0.05) is 11.6 Å². The Balaban J connectivity index is 1.64. The molecular formula is C20H28ClN7O2S. The van der Waals surface area contributed by atoms with Gasteiger partial charge in [0.25, 0.3) is 0 Å². The maximum Gasteiger partial charge on any atom is 0.223 e. The third-order valence-corrected chi connectivity index (χ3v) is 7.56. The van der Waals surface area contributed by atoms with Crippen molar-refractivity contribution >= 4 is 34.5 Å². The van der Waals surface area contributed by atoms with Gasteiger partial charge in [-0.25, -0.2) is 18.6 Å². The van der Waals surface area contributed by atoms with Crippen LogP contribution in [0.4, 0.5) is 11.8 Å². The fourth-order valence-electron chi connectivity index (χ4n) is 4.82. The third-order valence-electron chi connectivity index (χ3n) is 6.40. The molecule has 9 nitrogen and oxygen atoms in total. The molecule has 168 valence electrons. The van der Waals surface area contributed by atoms with Crippen molar-refractivity contribution in [1.29, 1.82) is 0 Å². The van der Waals surface area contributed by atoms with E-state index in [1.54, 1.807) is 11.4 Å². The molecule has 0 radical (unpaired) electrons. The summed E-state index contributed by atoms with van der Waals surface area (Å²) in [5, 5.41) is 5.97. The molecule has 4 heterocycles. The number of hydrogen-bond acceptors (Lipinski definition) is 7. The number of fused-ring (bicyclic) bond motifs is 1. The molecule has 2 aliphatic heterocycles. The summed E-state index contributed by atoms with van der Waals surface area (Å²) in [5.41, 5.74) is 9.82. The Hall–Kier alpha value is -2.01. The number of hydrogen-bond donors (Lipinski definition) is 2. The Morgan fingerprint density at radius 3 is 2.65 bits per heavy atom. The highest BCUT2D eigenvalue weighted by Crippen LogP contribution is 2.46. The molecule has 0 bridgehead atoms. The Bertz CT molecular complexity index is 1010. The molecule has 2 atom stereocenters. The Labute approximate surface area is 189 Å². The molecule has 11 heteroatoms. The molecule has 0 spiro atoms. The lowest BCUT2D eigenvalue weighted by atomic mass is 9.82. The van der Waals surface area contributed by atoms with Crippen LogP contribution in [0, 0.1) is 19.8 Å². The number of ether oxygens (including phenoxy) is 1. The van der Waals surface area contributed by atoms with Crippen LogP contribution in [0.2, 0.25) is 5.15 Å². The van der Waals surface area contributed by atoms with Gasteiger partial charge in [-0.15, -0.1) is 0 Å². The average Bonchev–Trinajstić information content (AvgIpc) is 3.09. The molecule has 1 fully saturated rings. The maximum atomic E-state index is 11.6. The van der Waals surface area contributed by atoms with Crippen LogP contribution < -0.4 is 20.5 Å². The van der Waals surface area contributed by atoms with Gasteiger partial charge in [-0.3, -0.25) is 4.98 Å². The number of halogens is 1. The summed E-state index contributed by atoms with van der Waals surface area (Å²) in [6.45, 7) is 6.72. The van der Waals surface area contributed by atoms with Gasteiger partial charge in [0, 0.05) is 48.4 Å². The van der Waals surface area contributed by atoms with Crippen molar-refractivity contribution in [3.05, 3.63) is 33.7 Å². The predicted octanol–water partition coefficient (Wildman–Crippen LogP) is 2.09. The van der Waals surface area contributed by atoms with Gasteiger partial charge in [-0.05, 0) is 32.6 Å². The molecule has 0 aliphatic carbocycles. The zero-order valence-corrected chi connectivity index (χ0v) is 19.5. The van der Waals surface area contributed by atoms with E-state index < -0.39 is 11.2 Å². The highest BCUT2D eigenvalue weighted by molar-refractivity contribution is 7.80. The van der Waals surface area contributed by atoms with Crippen molar-refractivity contribution in [1.82, 2.24) is 19.3 Å². The third kappa shape index (κ3) is 4.21. The van der Waals surface area contributed by atoms with E-state index in [1.165, 1.54) is 0 Å². The average molecular weight is 466 g/mol. The predicted molar refractivity (Wildman–Crippen MR) is 122 cm³/mol. The Kier molecular flexibility index (Phi) is 6.34. The quantitative estimate of drug-likeness (QED) is 0.648. The number of aryl methyl sites for hydroxylation is 1. The Morgan fingerprint density at radius 2 is 2.00 bits per heavy atom. The molecule has 0 saturated carbocycles. The van der Waals surface area contributed by atoms with Crippen LogP contribution in [0.25, 0.3) is 0 Å². The van der Waals surface area contributed by atoms with E-state index in [0.717, 1.165) is 53.3 Å². The standard InChI is InChI=1S/C20H28ClN7O2S/c1-11-8-24-15(12(2)17(11)30-3)10-27-9-14(13-4-6-28(7-5-13)31(23)29)16-18(21)25-20(22)26-19(16)27/h8,13-14H,4-7,9-10,23H2,1-3H3,(H2,22,25,26). The van der Waals surface area contributed by atoms with E-state index in [4.69, 9.17) is 27.2 Å². The highest BCUT2D eigenvalue weighted by Gasteiger charge is 2.40. The number of rotatable bonds is 5. The SMILES string of the molecule is COc1c(C)cnc(CN2CC(C3CCN(S(N)=O)CC3)c3c(Cl)nc(N)nc32)c1C. The smallest absolute Gasteiger partial charge is 0.223 e. The lowest BCUT2D eigenvalue weighted by molar-refractivity contribution is 0.255. The zero-order valence-electron chi connectivity index (χ0n) is 18.0. The van der Waals surface area contributed by atoms with Crippen molar-refractivity contribution < 1.29 is 8.95 Å². The van der Waals surface area contributed by atoms with Crippen LogP contribution in [0.3, 0.4) is 0 Å². The zero-order chi connectivity index (χ0) is 22.3. The number of nitrogen functional groups attached to an aromatic ring is 1. The summed E-state index contributed by atoms with van der Waals surface area (Å²) in [5.74, 6) is 2.32. The van der Waals surface area contributed by atoms with Crippen molar-refractivity contribution in [2.24, 2.45) is 11.1 Å². The minimum atomic E-state index is -1.43. The molecule has 0 amide bonds. The topological polar surface area (TPSA) is 123 Å². The molecule has 2 aromatic heterocycles. The number of piperidine rings is 1. The van der Waals surface area contributed by atoms with Crippen LogP contribution in [-0.4, -0.2) is 50.2 Å². The van der Waals surface area contributed by atoms with E-state index in [-0.39, 0.29) is 11.9 Å². The summed E-state index contributed by atoms with van der Waals surface area (Å²) >= 11 is 5.14. The van der Waals surface area contributed by atoms with Gasteiger partial charge < -0.3 is 15.4 Å². The lowest BCUT2D eigenvalue weighted by Gasteiger charge is -2.33. The molecule has 1 saturated heterocycles. The second-order valence-corrected chi connectivity index (χ2v) is 9.61. The number of anilines is 2. The minimum Gasteiger partial charge on any atom is -0.496 e. The van der Waals surface area contributed by atoms with Crippen molar-refractivity contribution in [3.63, 3.8) is 0 Å². The monoisotopic (exact) mass is 465 g/mol. The number of aromatic nitrogens is 3. The van der Waals surface area contributed by atoms with Crippen LogP contribution in [0.5, 0.6) is 5.75 Å². The van der Waals surface area contributed by atoms with Gasteiger partial charge in [0.1, 0.15) is 16.7 Å². The van der Waals surface area contributed by atoms with E-state index >= 15 is 0 Å². The molecule has 4 N–H and O–H groups in total. The summed E-state index contributed by atoms with van der Waals surface area (Å²) < 4.78 is 19.0. The first-order chi connectivity index (χ1) is 14.8. The van der Waals surface area contributed by atoms with Gasteiger partial charge in [0.2, 0.25) is 5.95 Å². The summed E-state index contributed by atoms with van der Waals surface area (Å²) in [6.07, 6.45) is 3.61. The molecular weight excluding hydrogens is 438 g/mol. The number of nitrogens with two attached hydrogens (primary N) is 2. The number of methoxy groups -OCH3 is 1. The largest absolute Gasteiger partial charge is 0.496 e. The van der Waals surface area contributed by atoms with E-state index in [0.29, 0.717) is 30.7 Å². The number of pyridine rings is 1. The van der Waals surface area contributed by atoms with Crippen molar-refractivity contribution in [2.45, 2.75) is 39.2 Å². The van der Waals surface area contributed by atoms with Crippen molar-refractivity contribution in [3.8, 4) is 5.75 Å². The Morgan fingerprint density at radius 1 is 1.29 bits per heavy atom. The molecule has 31 heavy (non-hydrogen) atoms. The lowest BCUT2D eigenvalue weighted by Crippen LogP contribution is -2.40. The second kappa shape index (κ2) is 8.85. The van der Waals surface area contributed by atoms with E-state index in [1.807, 2.05) is 20.0 Å². The first kappa shape index (κ1) is 22.2. The summed E-state index contributed by atoms with van der Waals surface area (Å²) in [6, 6.07) is 0. The van der Waals surface area contributed by atoms with E-state index in [2.05, 4.69) is 19.9 Å². The minimum absolute atomic E-state index is 0.161. The fraction of sp³-hybridized carbons (Fsp3) is 0.550. The second-order valence-electron chi connectivity index (χ2n) is 8.19. The van der Waals surface area contributed by atoms with Crippen LogP contribution >= 0.6 is 11.6 Å². The maximum absolute atomic E-state index is 11.6.